The summed E-state index contributed by atoms with van der Waals surface area (Å²) in [5, 5.41) is 24.0. The van der Waals surface area contributed by atoms with E-state index in [4.69, 9.17) is 5.11 Å². The molecule has 0 aromatic heterocycles. The number of carbonyl (C=O) groups excluding carboxylic acids is 1. The Morgan fingerprint density at radius 2 is 2.05 bits per heavy atom. The average molecular weight is 292 g/mol. The van der Waals surface area contributed by atoms with Gasteiger partial charge in [-0.3, -0.25) is 0 Å². The molecule has 4 N–H and O–H groups in total. The largest absolute Gasteiger partial charge is 0.505 e. The zero-order chi connectivity index (χ0) is 15.5. The van der Waals surface area contributed by atoms with Gasteiger partial charge in [0, 0.05) is 6.54 Å². The number of urea groups is 1. The Hall–Kier alpha value is -2.24. The number of rotatable bonds is 6. The lowest BCUT2D eigenvalue weighted by atomic mass is 10.0. The number of aromatic carboxylic acids is 1. The highest BCUT2D eigenvalue weighted by Gasteiger charge is 2.41. The van der Waals surface area contributed by atoms with Gasteiger partial charge < -0.3 is 20.8 Å². The maximum Gasteiger partial charge on any atom is 0.339 e. The van der Waals surface area contributed by atoms with E-state index in [1.165, 1.54) is 18.2 Å². The molecule has 0 radical (unpaired) electrons. The van der Waals surface area contributed by atoms with Crippen molar-refractivity contribution in [1.29, 1.82) is 0 Å². The molecule has 1 aromatic rings. The van der Waals surface area contributed by atoms with Crippen molar-refractivity contribution in [1.82, 2.24) is 5.32 Å². The molecule has 0 aliphatic heterocycles. The first-order chi connectivity index (χ1) is 9.97. The molecular formula is C15H20N2O4. The number of para-hydroxylation sites is 1. The van der Waals surface area contributed by atoms with Crippen LogP contribution in [0.25, 0.3) is 0 Å². The van der Waals surface area contributed by atoms with Gasteiger partial charge in [0.2, 0.25) is 0 Å². The van der Waals surface area contributed by atoms with Gasteiger partial charge in [-0.2, -0.15) is 0 Å². The van der Waals surface area contributed by atoms with Crippen LogP contribution < -0.4 is 10.6 Å². The van der Waals surface area contributed by atoms with Crippen molar-refractivity contribution in [2.45, 2.75) is 32.6 Å². The Kier molecular flexibility index (Phi) is 4.35. The number of nitrogens with one attached hydrogen (secondary N) is 2. The Balaban J connectivity index is 1.94. The Morgan fingerprint density at radius 1 is 1.33 bits per heavy atom. The van der Waals surface area contributed by atoms with Crippen LogP contribution in [0.15, 0.2) is 18.2 Å². The second-order valence-corrected chi connectivity index (χ2v) is 5.56. The first kappa shape index (κ1) is 15.2. The molecule has 6 heteroatoms. The normalized spacial score (nSPS) is 15.3. The molecule has 1 saturated carbocycles. The molecule has 1 aliphatic carbocycles. The lowest BCUT2D eigenvalue weighted by Gasteiger charge is -2.16. The third kappa shape index (κ3) is 3.65. The summed E-state index contributed by atoms with van der Waals surface area (Å²) in [7, 11) is 0. The molecule has 2 amide bonds. The molecule has 0 saturated heterocycles. The fourth-order valence-electron chi connectivity index (χ4n) is 2.47. The van der Waals surface area contributed by atoms with E-state index in [1.54, 1.807) is 0 Å². The molecular weight excluding hydrogens is 272 g/mol. The van der Waals surface area contributed by atoms with Gasteiger partial charge in [0.15, 0.2) is 5.75 Å². The van der Waals surface area contributed by atoms with Crippen molar-refractivity contribution in [3.63, 3.8) is 0 Å². The second kappa shape index (κ2) is 6.03. The van der Waals surface area contributed by atoms with Gasteiger partial charge in [0.25, 0.3) is 0 Å². The molecule has 2 rings (SSSR count). The number of aromatic hydroxyl groups is 1. The van der Waals surface area contributed by atoms with E-state index < -0.39 is 17.7 Å². The van der Waals surface area contributed by atoms with Crippen LogP contribution in [0.3, 0.4) is 0 Å². The summed E-state index contributed by atoms with van der Waals surface area (Å²) in [6.07, 6.45) is 4.43. The van der Waals surface area contributed by atoms with Crippen molar-refractivity contribution in [3.05, 3.63) is 23.8 Å². The molecule has 0 atom stereocenters. The quantitative estimate of drug-likeness (QED) is 0.606. The maximum atomic E-state index is 11.8. The highest BCUT2D eigenvalue weighted by Crippen LogP contribution is 2.48. The van der Waals surface area contributed by atoms with Crippen molar-refractivity contribution < 1.29 is 19.8 Å². The van der Waals surface area contributed by atoms with Crippen LogP contribution in [-0.4, -0.2) is 28.8 Å². The topological polar surface area (TPSA) is 98.7 Å². The third-order valence-electron chi connectivity index (χ3n) is 3.88. The second-order valence-electron chi connectivity index (χ2n) is 5.56. The predicted octanol–water partition coefficient (Wildman–Crippen LogP) is 2.79. The van der Waals surface area contributed by atoms with Crippen molar-refractivity contribution in [2.24, 2.45) is 5.41 Å². The van der Waals surface area contributed by atoms with Gasteiger partial charge in [-0.1, -0.05) is 19.4 Å². The van der Waals surface area contributed by atoms with Crippen LogP contribution in [0.2, 0.25) is 0 Å². The van der Waals surface area contributed by atoms with Crippen LogP contribution in [0.5, 0.6) is 5.75 Å². The first-order valence-corrected chi connectivity index (χ1v) is 7.07. The summed E-state index contributed by atoms with van der Waals surface area (Å²) in [4.78, 5) is 22.8. The molecule has 1 aromatic carbocycles. The Labute approximate surface area is 123 Å². The fraction of sp³-hybridized carbons (Fsp3) is 0.467. The van der Waals surface area contributed by atoms with Gasteiger partial charge >= 0.3 is 12.0 Å². The molecule has 1 fully saturated rings. The van der Waals surface area contributed by atoms with Crippen LogP contribution in [-0.2, 0) is 0 Å². The van der Waals surface area contributed by atoms with Crippen LogP contribution in [0.1, 0.15) is 43.0 Å². The highest BCUT2D eigenvalue weighted by molar-refractivity contribution is 5.97. The summed E-state index contributed by atoms with van der Waals surface area (Å²) in [6, 6.07) is 3.77. The molecule has 114 valence electrons. The predicted molar refractivity (Wildman–Crippen MR) is 78.7 cm³/mol. The molecule has 0 unspecified atom stereocenters. The number of phenols is 1. The lowest BCUT2D eigenvalue weighted by molar-refractivity contribution is 0.0693. The number of benzene rings is 1. The zero-order valence-corrected chi connectivity index (χ0v) is 12.0. The van der Waals surface area contributed by atoms with Crippen LogP contribution in [0, 0.1) is 5.41 Å². The minimum Gasteiger partial charge on any atom is -0.505 e. The molecule has 6 nitrogen and oxygen atoms in total. The van der Waals surface area contributed by atoms with Gasteiger partial charge in [-0.05, 0) is 36.8 Å². The molecule has 21 heavy (non-hydrogen) atoms. The van der Waals surface area contributed by atoms with Crippen molar-refractivity contribution in [2.75, 3.05) is 11.9 Å². The number of hydrogen-bond acceptors (Lipinski definition) is 3. The Morgan fingerprint density at radius 3 is 2.62 bits per heavy atom. The lowest BCUT2D eigenvalue weighted by Crippen LogP contribution is -2.33. The van der Waals surface area contributed by atoms with E-state index in [0.717, 1.165) is 25.7 Å². The highest BCUT2D eigenvalue weighted by atomic mass is 16.4. The summed E-state index contributed by atoms with van der Waals surface area (Å²) in [5.74, 6) is -1.67. The maximum absolute atomic E-state index is 11.8. The summed E-state index contributed by atoms with van der Waals surface area (Å²) >= 11 is 0. The van der Waals surface area contributed by atoms with E-state index in [-0.39, 0.29) is 16.7 Å². The van der Waals surface area contributed by atoms with E-state index in [2.05, 4.69) is 17.6 Å². The smallest absolute Gasteiger partial charge is 0.339 e. The van der Waals surface area contributed by atoms with Crippen LogP contribution >= 0.6 is 0 Å². The molecule has 1 aliphatic rings. The monoisotopic (exact) mass is 292 g/mol. The first-order valence-electron chi connectivity index (χ1n) is 7.07. The van der Waals surface area contributed by atoms with E-state index in [0.29, 0.717) is 6.54 Å². The summed E-state index contributed by atoms with van der Waals surface area (Å²) in [6.45, 7) is 2.72. The zero-order valence-electron chi connectivity index (χ0n) is 12.0. The van der Waals surface area contributed by atoms with Crippen molar-refractivity contribution >= 4 is 17.7 Å². The average Bonchev–Trinajstić information content (AvgIpc) is 3.19. The summed E-state index contributed by atoms with van der Waals surface area (Å²) in [5.41, 5.74) is 0.0852. The Bertz CT molecular complexity index is 553. The van der Waals surface area contributed by atoms with E-state index in [1.807, 2.05) is 0 Å². The number of carboxylic acids is 1. The third-order valence-corrected chi connectivity index (χ3v) is 3.88. The van der Waals surface area contributed by atoms with Gasteiger partial charge in [-0.15, -0.1) is 0 Å². The number of hydrogen-bond donors (Lipinski definition) is 4. The van der Waals surface area contributed by atoms with E-state index in [9.17, 15) is 14.7 Å². The fourth-order valence-corrected chi connectivity index (χ4v) is 2.47. The number of anilines is 1. The summed E-state index contributed by atoms with van der Waals surface area (Å²) < 4.78 is 0. The number of carbonyl (C=O) groups is 2. The van der Waals surface area contributed by atoms with Gasteiger partial charge in [0.05, 0.1) is 5.69 Å². The molecule has 0 heterocycles. The van der Waals surface area contributed by atoms with Gasteiger partial charge in [0.1, 0.15) is 5.56 Å². The number of carboxylic acid groups (broad SMARTS) is 1. The molecule has 0 spiro atoms. The van der Waals surface area contributed by atoms with Gasteiger partial charge in [-0.25, -0.2) is 9.59 Å². The SMILES string of the molecule is CCCC1(CNC(=O)Nc2cccc(C(=O)O)c2O)CC1. The standard InChI is InChI=1S/C15H20N2O4/c1-2-6-15(7-8-15)9-16-14(21)17-11-5-3-4-10(12(11)18)13(19)20/h3-5,18H,2,6-9H2,1H3,(H,19,20)(H2,16,17,21). The van der Waals surface area contributed by atoms with Crippen LogP contribution in [0.4, 0.5) is 10.5 Å². The molecule has 0 bridgehead atoms. The van der Waals surface area contributed by atoms with E-state index >= 15 is 0 Å². The minimum atomic E-state index is -1.24. The number of amides is 2. The minimum absolute atomic E-state index is 0.0905. The van der Waals surface area contributed by atoms with Crippen molar-refractivity contribution in [3.8, 4) is 5.75 Å².